The molecule has 0 N–H and O–H groups in total. The molecule has 1 nitrogen and oxygen atoms in total. The number of fused-ring (bicyclic) bond motifs is 5. The Labute approximate surface area is 430 Å². The molecule has 0 fully saturated rings. The molecular formula is C70H67NSi. The highest BCUT2D eigenvalue weighted by molar-refractivity contribution is 7.22. The molecule has 0 amide bonds. The first-order valence-electron chi connectivity index (χ1n) is 26.4. The van der Waals surface area contributed by atoms with Gasteiger partial charge >= 0.3 is 0 Å². The second-order valence-corrected chi connectivity index (χ2v) is 27.5. The third-order valence-electron chi connectivity index (χ3n) is 17.5. The maximum Gasteiger partial charge on any atom is 0.180 e. The van der Waals surface area contributed by atoms with Crippen molar-refractivity contribution in [3.8, 4) is 44.5 Å². The van der Waals surface area contributed by atoms with E-state index >= 15 is 0 Å². The van der Waals surface area contributed by atoms with Gasteiger partial charge in [-0.2, -0.15) is 0 Å². The summed E-state index contributed by atoms with van der Waals surface area (Å²) in [6.07, 6.45) is 4.72. The maximum absolute atomic E-state index is 2.69. The minimum absolute atomic E-state index is 0.0238. The van der Waals surface area contributed by atoms with Gasteiger partial charge in [-0.05, 0) is 160 Å². The molecule has 9 aromatic rings. The van der Waals surface area contributed by atoms with Crippen LogP contribution in [-0.4, -0.2) is 8.07 Å². The van der Waals surface area contributed by atoms with E-state index in [-0.39, 0.29) is 21.7 Å². The summed E-state index contributed by atoms with van der Waals surface area (Å²) in [6, 6.07) is 81.5. The van der Waals surface area contributed by atoms with E-state index < -0.39 is 8.07 Å². The molecule has 9 aromatic carbocycles. The van der Waals surface area contributed by atoms with Crippen molar-refractivity contribution in [2.75, 3.05) is 4.90 Å². The van der Waals surface area contributed by atoms with E-state index in [1.165, 1.54) is 112 Å². The van der Waals surface area contributed by atoms with Crippen molar-refractivity contribution >= 4 is 45.9 Å². The minimum Gasteiger partial charge on any atom is -0.310 e. The van der Waals surface area contributed by atoms with Gasteiger partial charge < -0.3 is 4.90 Å². The molecule has 0 unspecified atom stereocenters. The van der Waals surface area contributed by atoms with Crippen LogP contribution in [0.15, 0.2) is 212 Å². The van der Waals surface area contributed by atoms with Crippen LogP contribution in [0.4, 0.5) is 17.1 Å². The van der Waals surface area contributed by atoms with E-state index in [0.717, 1.165) is 17.8 Å². The zero-order chi connectivity index (χ0) is 49.6. The fourth-order valence-electron chi connectivity index (χ4n) is 13.4. The summed E-state index contributed by atoms with van der Waals surface area (Å²) in [4.78, 5) is 2.55. The number of hydrogen-bond donors (Lipinski definition) is 0. The van der Waals surface area contributed by atoms with Gasteiger partial charge in [0, 0.05) is 16.9 Å². The van der Waals surface area contributed by atoms with E-state index in [4.69, 9.17) is 0 Å². The Kier molecular flexibility index (Phi) is 10.9. The van der Waals surface area contributed by atoms with Crippen LogP contribution in [-0.2, 0) is 21.7 Å². The van der Waals surface area contributed by atoms with E-state index in [9.17, 15) is 0 Å². The normalized spacial score (nSPS) is 17.2. The highest BCUT2D eigenvalue weighted by Crippen LogP contribution is 2.53. The molecule has 72 heavy (non-hydrogen) atoms. The van der Waals surface area contributed by atoms with Gasteiger partial charge in [0.05, 0.1) is 5.69 Å². The zero-order valence-corrected chi connectivity index (χ0v) is 44.5. The summed E-state index contributed by atoms with van der Waals surface area (Å²) >= 11 is 0. The Morgan fingerprint density at radius 2 is 0.819 bits per heavy atom. The minimum atomic E-state index is -2.69. The van der Waals surface area contributed by atoms with Gasteiger partial charge in [0.2, 0.25) is 0 Å². The molecule has 2 aliphatic carbocycles. The fraction of sp³-hybridized carbons (Fsp3) is 0.229. The Bertz CT molecular complexity index is 3500. The number of hydrogen-bond acceptors (Lipinski definition) is 1. The zero-order valence-electron chi connectivity index (χ0n) is 43.5. The van der Waals surface area contributed by atoms with E-state index in [1.807, 2.05) is 0 Å². The lowest BCUT2D eigenvalue weighted by molar-refractivity contribution is 0.332. The van der Waals surface area contributed by atoms with Crippen molar-refractivity contribution in [1.29, 1.82) is 0 Å². The van der Waals surface area contributed by atoms with Crippen molar-refractivity contribution in [2.45, 2.75) is 103 Å². The Morgan fingerprint density at radius 1 is 0.333 bits per heavy atom. The Morgan fingerprint density at radius 3 is 1.51 bits per heavy atom. The summed E-state index contributed by atoms with van der Waals surface area (Å²) in [7, 11) is -2.69. The third kappa shape index (κ3) is 7.31. The van der Waals surface area contributed by atoms with Crippen LogP contribution in [0.3, 0.4) is 0 Å². The summed E-state index contributed by atoms with van der Waals surface area (Å²) in [5, 5.41) is 5.74. The summed E-state index contributed by atoms with van der Waals surface area (Å²) in [5.41, 5.74) is 20.0. The molecule has 1 heterocycles. The monoisotopic (exact) mass is 950 g/mol. The lowest BCUT2D eigenvalue weighted by atomic mass is 9.61. The molecule has 0 atom stereocenters. The van der Waals surface area contributed by atoms with Crippen LogP contribution in [0, 0.1) is 0 Å². The maximum atomic E-state index is 2.55. The third-order valence-corrected chi connectivity index (χ3v) is 22.3. The van der Waals surface area contributed by atoms with Gasteiger partial charge in [0.15, 0.2) is 8.07 Å². The van der Waals surface area contributed by atoms with Crippen molar-refractivity contribution in [1.82, 2.24) is 0 Å². The van der Waals surface area contributed by atoms with Gasteiger partial charge in [-0.3, -0.25) is 0 Å². The molecule has 0 spiro atoms. The molecule has 12 rings (SSSR count). The predicted octanol–water partition coefficient (Wildman–Crippen LogP) is 16.2. The first kappa shape index (κ1) is 46.1. The standard InChI is InChI=1S/C70H67NSi/c1-67(2)41-42-69(5,6)61-47-49(39-40-59(61)67)48-23-19-25-51(45-48)71(62-36-17-15-31-56(62)57-34-21-35-60-66(57)70(7,8)44-43-68(60,3)4)52-26-20-24-50(46-52)55-33-22-38-64-65(55)58-32-16-18-37-63(58)72(64,53-27-11-9-12-28-53)54-29-13-10-14-30-54/h9-40,45-47H,41-44H2,1-8H3. The molecule has 0 saturated carbocycles. The summed E-state index contributed by atoms with van der Waals surface area (Å²) in [5.74, 6) is 0. The molecule has 3 aliphatic rings. The van der Waals surface area contributed by atoms with Crippen LogP contribution >= 0.6 is 0 Å². The average Bonchev–Trinajstić information content (AvgIpc) is 3.71. The number of rotatable bonds is 8. The number of para-hydroxylation sites is 1. The van der Waals surface area contributed by atoms with Crippen molar-refractivity contribution < 1.29 is 0 Å². The van der Waals surface area contributed by atoms with Crippen LogP contribution in [0.25, 0.3) is 44.5 Å². The quantitative estimate of drug-likeness (QED) is 0.137. The molecule has 2 heteroatoms. The SMILES string of the molecule is CC1(C)CCC(C)(C)c2cc(-c3cccc(N(c4cccc(-c5cccc6c5-c5ccccc5[Si]6(c5ccccc5)c5ccccc5)c4)c4ccccc4-c4cccc5c4C(C)(C)CCC5(C)C)c3)ccc21. The van der Waals surface area contributed by atoms with Crippen molar-refractivity contribution in [3.63, 3.8) is 0 Å². The molecule has 0 aromatic heterocycles. The van der Waals surface area contributed by atoms with Crippen molar-refractivity contribution in [3.05, 3.63) is 235 Å². The van der Waals surface area contributed by atoms with Crippen molar-refractivity contribution in [2.24, 2.45) is 0 Å². The van der Waals surface area contributed by atoms with Crippen LogP contribution in [0.1, 0.15) is 103 Å². The van der Waals surface area contributed by atoms with Crippen LogP contribution in [0.5, 0.6) is 0 Å². The fourth-order valence-corrected chi connectivity index (χ4v) is 18.6. The van der Waals surface area contributed by atoms with E-state index in [0.29, 0.717) is 0 Å². The highest BCUT2D eigenvalue weighted by atomic mass is 28.3. The summed E-state index contributed by atoms with van der Waals surface area (Å²) in [6.45, 7) is 19.5. The molecule has 0 saturated heterocycles. The number of anilines is 3. The predicted molar refractivity (Wildman–Crippen MR) is 311 cm³/mol. The largest absolute Gasteiger partial charge is 0.310 e. The first-order valence-corrected chi connectivity index (χ1v) is 28.4. The topological polar surface area (TPSA) is 3.24 Å². The van der Waals surface area contributed by atoms with E-state index in [1.54, 1.807) is 0 Å². The first-order chi connectivity index (χ1) is 34.7. The van der Waals surface area contributed by atoms with Crippen LogP contribution in [0.2, 0.25) is 0 Å². The average molecular weight is 950 g/mol. The highest BCUT2D eigenvalue weighted by Gasteiger charge is 2.49. The van der Waals surface area contributed by atoms with Gasteiger partial charge in [-0.15, -0.1) is 0 Å². The molecular weight excluding hydrogens is 883 g/mol. The summed E-state index contributed by atoms with van der Waals surface area (Å²) < 4.78 is 0. The number of nitrogens with zero attached hydrogens (tertiary/aromatic N) is 1. The van der Waals surface area contributed by atoms with E-state index in [2.05, 4.69) is 273 Å². The Hall–Kier alpha value is -7.00. The second-order valence-electron chi connectivity index (χ2n) is 23.7. The van der Waals surface area contributed by atoms with Gasteiger partial charge in [-0.1, -0.05) is 237 Å². The molecule has 356 valence electrons. The second kappa shape index (κ2) is 17.1. The van der Waals surface area contributed by atoms with Gasteiger partial charge in [0.1, 0.15) is 0 Å². The van der Waals surface area contributed by atoms with Gasteiger partial charge in [-0.25, -0.2) is 0 Å². The van der Waals surface area contributed by atoms with Crippen LogP contribution < -0.4 is 25.6 Å². The number of benzene rings is 9. The lowest BCUT2D eigenvalue weighted by Crippen LogP contribution is -2.72. The molecule has 0 bridgehead atoms. The van der Waals surface area contributed by atoms with Gasteiger partial charge in [0.25, 0.3) is 0 Å². The lowest BCUT2D eigenvalue weighted by Gasteiger charge is -2.43. The Balaban J connectivity index is 1.08. The molecule has 0 radical (unpaired) electrons. The smallest absolute Gasteiger partial charge is 0.180 e. The molecule has 1 aliphatic heterocycles.